The molecule has 94 valence electrons. The second-order valence-electron chi connectivity index (χ2n) is 4.39. The van der Waals surface area contributed by atoms with Crippen molar-refractivity contribution in [3.8, 4) is 0 Å². The average molecular weight is 237 g/mol. The third-order valence-corrected chi connectivity index (χ3v) is 3.13. The molecule has 0 aromatic heterocycles. The van der Waals surface area contributed by atoms with Gasteiger partial charge < -0.3 is 5.73 Å². The highest BCUT2D eigenvalue weighted by Crippen LogP contribution is 2.14. The summed E-state index contributed by atoms with van der Waals surface area (Å²) >= 11 is 0. The predicted octanol–water partition coefficient (Wildman–Crippen LogP) is 2.34. The van der Waals surface area contributed by atoms with Gasteiger partial charge in [0, 0.05) is 18.2 Å². The zero-order chi connectivity index (χ0) is 13.0. The third-order valence-electron chi connectivity index (χ3n) is 3.13. The van der Waals surface area contributed by atoms with Crippen molar-refractivity contribution in [2.24, 2.45) is 5.73 Å². The zero-order valence-corrected chi connectivity index (χ0v) is 10.6. The van der Waals surface area contributed by atoms with Crippen molar-refractivity contribution in [1.82, 2.24) is 4.90 Å². The van der Waals surface area contributed by atoms with E-state index in [9.17, 15) is 4.39 Å². The van der Waals surface area contributed by atoms with E-state index in [1.165, 1.54) is 12.1 Å². The molecule has 0 saturated carbocycles. The maximum Gasteiger partial charge on any atom is 0.123 e. The molecule has 3 N–H and O–H groups in total. The van der Waals surface area contributed by atoms with Crippen LogP contribution in [0.5, 0.6) is 0 Å². The van der Waals surface area contributed by atoms with Gasteiger partial charge in [0.15, 0.2) is 0 Å². The molecule has 4 heteroatoms. The summed E-state index contributed by atoms with van der Waals surface area (Å²) in [6.07, 6.45) is 1.05. The van der Waals surface area contributed by atoms with Crippen molar-refractivity contribution < 1.29 is 4.39 Å². The van der Waals surface area contributed by atoms with Crippen LogP contribution in [0.3, 0.4) is 0 Å². The van der Waals surface area contributed by atoms with Gasteiger partial charge >= 0.3 is 0 Å². The van der Waals surface area contributed by atoms with Gasteiger partial charge in [-0.3, -0.25) is 10.3 Å². The number of nitrogens with zero attached hydrogens (tertiary/aromatic N) is 1. The van der Waals surface area contributed by atoms with Crippen LogP contribution in [0.1, 0.15) is 31.4 Å². The molecule has 0 aliphatic heterocycles. The molecule has 0 saturated heterocycles. The summed E-state index contributed by atoms with van der Waals surface area (Å²) in [7, 11) is 2.02. The lowest BCUT2D eigenvalue weighted by molar-refractivity contribution is 0.243. The van der Waals surface area contributed by atoms with Gasteiger partial charge in [0.2, 0.25) is 0 Å². The van der Waals surface area contributed by atoms with E-state index in [1.54, 1.807) is 6.07 Å². The predicted molar refractivity (Wildman–Crippen MR) is 68.6 cm³/mol. The number of nitrogen functional groups attached to an aromatic ring is 1. The van der Waals surface area contributed by atoms with Crippen molar-refractivity contribution in [2.75, 3.05) is 7.05 Å². The Morgan fingerprint density at radius 3 is 2.71 bits per heavy atom. The average Bonchev–Trinajstić information content (AvgIpc) is 2.29. The van der Waals surface area contributed by atoms with E-state index in [0.29, 0.717) is 18.2 Å². The van der Waals surface area contributed by atoms with Gasteiger partial charge in [-0.1, -0.05) is 13.0 Å². The molecule has 0 aliphatic rings. The van der Waals surface area contributed by atoms with Gasteiger partial charge in [0.25, 0.3) is 0 Å². The SMILES string of the molecule is CCC(C)N(C)Cc1ccc(F)cc1C(=N)N. The minimum atomic E-state index is -0.356. The van der Waals surface area contributed by atoms with Gasteiger partial charge in [-0.15, -0.1) is 0 Å². The lowest BCUT2D eigenvalue weighted by atomic mass is 10.1. The molecule has 0 fully saturated rings. The molecule has 1 aromatic rings. The summed E-state index contributed by atoms with van der Waals surface area (Å²) in [6, 6.07) is 4.87. The summed E-state index contributed by atoms with van der Waals surface area (Å²) in [5.74, 6) is -0.442. The summed E-state index contributed by atoms with van der Waals surface area (Å²) in [5, 5.41) is 7.46. The lowest BCUT2D eigenvalue weighted by Gasteiger charge is -2.24. The Kier molecular flexibility index (Phi) is 4.63. The number of rotatable bonds is 5. The van der Waals surface area contributed by atoms with Crippen molar-refractivity contribution >= 4 is 5.84 Å². The second-order valence-corrected chi connectivity index (χ2v) is 4.39. The van der Waals surface area contributed by atoms with E-state index in [0.717, 1.165) is 12.0 Å². The van der Waals surface area contributed by atoms with Crippen LogP contribution < -0.4 is 5.73 Å². The second kappa shape index (κ2) is 5.77. The van der Waals surface area contributed by atoms with E-state index in [1.807, 2.05) is 7.05 Å². The van der Waals surface area contributed by atoms with Crippen molar-refractivity contribution in [3.05, 3.63) is 35.1 Å². The number of halogens is 1. The third kappa shape index (κ3) is 3.53. The van der Waals surface area contributed by atoms with Crippen molar-refractivity contribution in [1.29, 1.82) is 5.41 Å². The minimum Gasteiger partial charge on any atom is -0.384 e. The van der Waals surface area contributed by atoms with Crippen LogP contribution in [-0.4, -0.2) is 23.8 Å². The fourth-order valence-corrected chi connectivity index (χ4v) is 1.67. The van der Waals surface area contributed by atoms with Crippen LogP contribution in [0.2, 0.25) is 0 Å². The van der Waals surface area contributed by atoms with Crippen LogP contribution in [-0.2, 0) is 6.54 Å². The van der Waals surface area contributed by atoms with Gasteiger partial charge in [0.1, 0.15) is 11.7 Å². The topological polar surface area (TPSA) is 53.1 Å². The first-order valence-electron chi connectivity index (χ1n) is 5.78. The number of hydrogen-bond donors (Lipinski definition) is 2. The number of nitrogens with one attached hydrogen (secondary N) is 1. The quantitative estimate of drug-likeness (QED) is 0.610. The fraction of sp³-hybridized carbons (Fsp3) is 0.462. The largest absolute Gasteiger partial charge is 0.384 e. The summed E-state index contributed by atoms with van der Waals surface area (Å²) < 4.78 is 13.1. The lowest BCUT2D eigenvalue weighted by Crippen LogP contribution is -2.29. The van der Waals surface area contributed by atoms with Crippen LogP contribution >= 0.6 is 0 Å². The fourth-order valence-electron chi connectivity index (χ4n) is 1.67. The van der Waals surface area contributed by atoms with Crippen LogP contribution in [0.25, 0.3) is 0 Å². The Bertz CT molecular complexity index is 404. The van der Waals surface area contributed by atoms with Crippen LogP contribution in [0, 0.1) is 11.2 Å². The Labute approximate surface area is 102 Å². The highest BCUT2D eigenvalue weighted by Gasteiger charge is 2.12. The van der Waals surface area contributed by atoms with Crippen LogP contribution in [0.15, 0.2) is 18.2 Å². The van der Waals surface area contributed by atoms with E-state index >= 15 is 0 Å². The molecule has 0 bridgehead atoms. The molecule has 0 aliphatic carbocycles. The number of benzene rings is 1. The molecule has 1 aromatic carbocycles. The van der Waals surface area contributed by atoms with E-state index in [-0.39, 0.29) is 11.7 Å². The zero-order valence-electron chi connectivity index (χ0n) is 10.6. The highest BCUT2D eigenvalue weighted by atomic mass is 19.1. The Balaban J connectivity index is 2.94. The van der Waals surface area contributed by atoms with E-state index in [2.05, 4.69) is 18.7 Å². The van der Waals surface area contributed by atoms with Gasteiger partial charge in [-0.2, -0.15) is 0 Å². The summed E-state index contributed by atoms with van der Waals surface area (Å²) in [6.45, 7) is 4.93. The Morgan fingerprint density at radius 1 is 1.53 bits per heavy atom. The standard InChI is InChI=1S/C13H20FN3/c1-4-9(2)17(3)8-10-5-6-11(14)7-12(10)13(15)16/h5-7,9H,4,8H2,1-3H3,(H3,15,16). The van der Waals surface area contributed by atoms with Gasteiger partial charge in [-0.05, 0) is 38.1 Å². The molecule has 1 rings (SSSR count). The van der Waals surface area contributed by atoms with E-state index in [4.69, 9.17) is 11.1 Å². The summed E-state index contributed by atoms with van der Waals surface area (Å²) in [4.78, 5) is 2.17. The normalized spacial score (nSPS) is 12.8. The smallest absolute Gasteiger partial charge is 0.123 e. The molecule has 0 spiro atoms. The first-order chi connectivity index (χ1) is 7.95. The molecular formula is C13H20FN3. The first-order valence-corrected chi connectivity index (χ1v) is 5.78. The molecule has 0 heterocycles. The van der Waals surface area contributed by atoms with Gasteiger partial charge in [0.05, 0.1) is 0 Å². The molecule has 3 nitrogen and oxygen atoms in total. The maximum atomic E-state index is 13.1. The first kappa shape index (κ1) is 13.6. The molecule has 0 radical (unpaired) electrons. The Hall–Kier alpha value is -1.42. The number of nitrogens with two attached hydrogens (primary N) is 1. The number of amidine groups is 1. The molecule has 17 heavy (non-hydrogen) atoms. The highest BCUT2D eigenvalue weighted by molar-refractivity contribution is 5.96. The Morgan fingerprint density at radius 2 is 2.18 bits per heavy atom. The molecule has 0 amide bonds. The molecule has 1 atom stereocenters. The van der Waals surface area contributed by atoms with Crippen molar-refractivity contribution in [2.45, 2.75) is 32.9 Å². The minimum absolute atomic E-state index is 0.0861. The van der Waals surface area contributed by atoms with E-state index < -0.39 is 0 Å². The van der Waals surface area contributed by atoms with Gasteiger partial charge in [-0.25, -0.2) is 4.39 Å². The monoisotopic (exact) mass is 237 g/mol. The van der Waals surface area contributed by atoms with Crippen LogP contribution in [0.4, 0.5) is 4.39 Å². The summed E-state index contributed by atoms with van der Waals surface area (Å²) in [5.41, 5.74) is 6.84. The maximum absolute atomic E-state index is 13.1. The molecular weight excluding hydrogens is 217 g/mol. The van der Waals surface area contributed by atoms with Crippen molar-refractivity contribution in [3.63, 3.8) is 0 Å². The molecule has 1 unspecified atom stereocenters. The number of hydrogen-bond acceptors (Lipinski definition) is 2.